The van der Waals surface area contributed by atoms with E-state index in [0.717, 1.165) is 44.2 Å². The van der Waals surface area contributed by atoms with Crippen LogP contribution in [0, 0.1) is 0 Å². The topological polar surface area (TPSA) is 84.2 Å². The lowest BCUT2D eigenvalue weighted by Gasteiger charge is -2.11. The minimum Gasteiger partial charge on any atom is -0.365 e. The van der Waals surface area contributed by atoms with Crippen molar-refractivity contribution in [2.45, 2.75) is 32.1 Å². The Morgan fingerprint density at radius 1 is 1.12 bits per heavy atom. The first-order valence-corrected chi connectivity index (χ1v) is 9.45. The molecule has 1 aromatic carbocycles. The van der Waals surface area contributed by atoms with Crippen LogP contribution >= 0.6 is 11.3 Å². The first kappa shape index (κ1) is 17.6. The van der Waals surface area contributed by atoms with E-state index < -0.39 is 5.91 Å². The maximum absolute atomic E-state index is 12.2. The molecule has 0 bridgehead atoms. The third-order valence-corrected chi connectivity index (χ3v) is 5.60. The number of thiophene rings is 1. The van der Waals surface area contributed by atoms with Gasteiger partial charge in [0.25, 0.3) is 5.91 Å². The van der Waals surface area contributed by atoms with E-state index in [-0.39, 0.29) is 12.5 Å². The van der Waals surface area contributed by atoms with Gasteiger partial charge < -0.3 is 16.4 Å². The molecule has 25 heavy (non-hydrogen) atoms. The lowest BCUT2D eigenvalue weighted by Crippen LogP contribution is -2.30. The number of carbonyl (C=O) groups is 2. The minimum atomic E-state index is -0.452. The highest BCUT2D eigenvalue weighted by molar-refractivity contribution is 7.17. The van der Waals surface area contributed by atoms with E-state index in [4.69, 9.17) is 5.73 Å². The molecule has 0 aliphatic heterocycles. The Morgan fingerprint density at radius 3 is 2.64 bits per heavy atom. The van der Waals surface area contributed by atoms with Crippen LogP contribution in [-0.4, -0.2) is 24.9 Å². The Kier molecular flexibility index (Phi) is 5.83. The van der Waals surface area contributed by atoms with Gasteiger partial charge in [-0.25, -0.2) is 0 Å². The van der Waals surface area contributed by atoms with E-state index in [0.29, 0.717) is 10.6 Å². The average molecular weight is 357 g/mol. The van der Waals surface area contributed by atoms with Gasteiger partial charge in [-0.1, -0.05) is 30.3 Å². The van der Waals surface area contributed by atoms with Gasteiger partial charge in [0.05, 0.1) is 12.1 Å². The molecule has 0 radical (unpaired) electrons. The summed E-state index contributed by atoms with van der Waals surface area (Å²) in [5.74, 6) is -0.596. The van der Waals surface area contributed by atoms with Crippen molar-refractivity contribution in [3.63, 3.8) is 0 Å². The molecule has 1 heterocycles. The van der Waals surface area contributed by atoms with Crippen molar-refractivity contribution in [1.82, 2.24) is 5.32 Å². The van der Waals surface area contributed by atoms with Crippen molar-refractivity contribution in [3.05, 3.63) is 51.9 Å². The van der Waals surface area contributed by atoms with E-state index in [9.17, 15) is 9.59 Å². The number of aryl methyl sites for hydroxylation is 1. The van der Waals surface area contributed by atoms with Crippen LogP contribution in [0.2, 0.25) is 0 Å². The SMILES string of the molecule is NC(=O)c1c(NC(=O)CNCCc2ccccc2)sc2c1CCCC2. The quantitative estimate of drug-likeness (QED) is 0.666. The maximum atomic E-state index is 12.2. The molecule has 3 rings (SSSR count). The van der Waals surface area contributed by atoms with Gasteiger partial charge in [-0.05, 0) is 49.8 Å². The monoisotopic (exact) mass is 357 g/mol. The Morgan fingerprint density at radius 2 is 1.88 bits per heavy atom. The fourth-order valence-corrected chi connectivity index (χ4v) is 4.48. The van der Waals surface area contributed by atoms with Crippen molar-refractivity contribution in [1.29, 1.82) is 0 Å². The van der Waals surface area contributed by atoms with E-state index in [1.165, 1.54) is 21.8 Å². The summed E-state index contributed by atoms with van der Waals surface area (Å²) >= 11 is 1.49. The normalized spacial score (nSPS) is 13.3. The molecule has 0 spiro atoms. The second-order valence-corrected chi connectivity index (χ2v) is 7.34. The average Bonchev–Trinajstić information content (AvgIpc) is 2.97. The molecule has 1 aliphatic carbocycles. The summed E-state index contributed by atoms with van der Waals surface area (Å²) in [5.41, 5.74) is 8.33. The maximum Gasteiger partial charge on any atom is 0.251 e. The lowest BCUT2D eigenvalue weighted by molar-refractivity contribution is -0.115. The largest absolute Gasteiger partial charge is 0.365 e. The van der Waals surface area contributed by atoms with Gasteiger partial charge in [-0.2, -0.15) is 0 Å². The van der Waals surface area contributed by atoms with Gasteiger partial charge in [0.1, 0.15) is 5.00 Å². The highest BCUT2D eigenvalue weighted by Crippen LogP contribution is 2.37. The van der Waals surface area contributed by atoms with E-state index in [2.05, 4.69) is 22.8 Å². The van der Waals surface area contributed by atoms with Gasteiger partial charge in [-0.3, -0.25) is 9.59 Å². The summed E-state index contributed by atoms with van der Waals surface area (Å²) < 4.78 is 0. The van der Waals surface area contributed by atoms with Crippen LogP contribution in [0.5, 0.6) is 0 Å². The fourth-order valence-electron chi connectivity index (χ4n) is 3.16. The van der Waals surface area contributed by atoms with Crippen molar-refractivity contribution >= 4 is 28.2 Å². The molecule has 132 valence electrons. The molecule has 1 aliphatic rings. The summed E-state index contributed by atoms with van der Waals surface area (Å²) in [6.45, 7) is 0.939. The molecule has 2 aromatic rings. The number of nitrogens with two attached hydrogens (primary N) is 1. The van der Waals surface area contributed by atoms with E-state index >= 15 is 0 Å². The van der Waals surface area contributed by atoms with Crippen LogP contribution in [0.4, 0.5) is 5.00 Å². The van der Waals surface area contributed by atoms with Crippen molar-refractivity contribution in [3.8, 4) is 0 Å². The molecule has 0 saturated heterocycles. The van der Waals surface area contributed by atoms with Crippen LogP contribution in [0.3, 0.4) is 0 Å². The number of rotatable bonds is 7. The molecule has 4 N–H and O–H groups in total. The number of hydrogen-bond acceptors (Lipinski definition) is 4. The number of hydrogen-bond donors (Lipinski definition) is 3. The van der Waals surface area contributed by atoms with Crippen LogP contribution in [0.1, 0.15) is 39.2 Å². The molecule has 0 atom stereocenters. The van der Waals surface area contributed by atoms with Crippen molar-refractivity contribution in [2.24, 2.45) is 5.73 Å². The summed E-state index contributed by atoms with van der Waals surface area (Å²) in [4.78, 5) is 25.2. The second kappa shape index (κ2) is 8.27. The Bertz CT molecular complexity index is 756. The highest BCUT2D eigenvalue weighted by atomic mass is 32.1. The predicted molar refractivity (Wildman–Crippen MR) is 101 cm³/mol. The van der Waals surface area contributed by atoms with Crippen LogP contribution in [0.25, 0.3) is 0 Å². The molecular formula is C19H23N3O2S. The number of carbonyl (C=O) groups excluding carboxylic acids is 2. The third kappa shape index (κ3) is 4.46. The van der Waals surface area contributed by atoms with Crippen LogP contribution < -0.4 is 16.4 Å². The standard InChI is InChI=1S/C19H23N3O2S/c20-18(24)17-14-8-4-5-9-15(14)25-19(17)22-16(23)12-21-11-10-13-6-2-1-3-7-13/h1-3,6-7,21H,4-5,8-12H2,(H2,20,24)(H,22,23). The summed E-state index contributed by atoms with van der Waals surface area (Å²) in [5, 5.41) is 6.61. The van der Waals surface area contributed by atoms with Gasteiger partial charge in [-0.15, -0.1) is 11.3 Å². The smallest absolute Gasteiger partial charge is 0.251 e. The van der Waals surface area contributed by atoms with E-state index in [1.807, 2.05) is 18.2 Å². The van der Waals surface area contributed by atoms with Crippen LogP contribution in [-0.2, 0) is 24.1 Å². The minimum absolute atomic E-state index is 0.144. The van der Waals surface area contributed by atoms with Gasteiger partial charge in [0, 0.05) is 4.88 Å². The fraction of sp³-hybridized carbons (Fsp3) is 0.368. The number of anilines is 1. The summed E-state index contributed by atoms with van der Waals surface area (Å²) in [6.07, 6.45) is 4.90. The zero-order valence-corrected chi connectivity index (χ0v) is 15.0. The molecule has 0 unspecified atom stereocenters. The third-order valence-electron chi connectivity index (χ3n) is 4.39. The van der Waals surface area contributed by atoms with Gasteiger partial charge in [0.2, 0.25) is 5.91 Å². The zero-order valence-electron chi connectivity index (χ0n) is 14.1. The number of nitrogens with one attached hydrogen (secondary N) is 2. The first-order valence-electron chi connectivity index (χ1n) is 8.64. The molecule has 2 amide bonds. The molecule has 5 nitrogen and oxygen atoms in total. The second-order valence-electron chi connectivity index (χ2n) is 6.24. The Hall–Kier alpha value is -2.18. The molecule has 0 saturated carbocycles. The molecular weight excluding hydrogens is 334 g/mol. The number of primary amides is 1. The number of benzene rings is 1. The Labute approximate surface area is 151 Å². The Balaban J connectivity index is 1.54. The molecule has 6 heteroatoms. The van der Waals surface area contributed by atoms with Crippen molar-refractivity contribution in [2.75, 3.05) is 18.4 Å². The summed E-state index contributed by atoms with van der Waals surface area (Å²) in [6, 6.07) is 10.1. The van der Waals surface area contributed by atoms with Crippen LogP contribution in [0.15, 0.2) is 30.3 Å². The highest BCUT2D eigenvalue weighted by Gasteiger charge is 2.24. The summed E-state index contributed by atoms with van der Waals surface area (Å²) in [7, 11) is 0. The molecule has 1 aromatic heterocycles. The van der Waals surface area contributed by atoms with Gasteiger partial charge in [0.15, 0.2) is 0 Å². The van der Waals surface area contributed by atoms with Crippen molar-refractivity contribution < 1.29 is 9.59 Å². The predicted octanol–water partition coefficient (Wildman–Crippen LogP) is 2.50. The molecule has 0 fully saturated rings. The first-order chi connectivity index (χ1) is 12.1. The van der Waals surface area contributed by atoms with E-state index in [1.54, 1.807) is 0 Å². The number of fused-ring (bicyclic) bond motifs is 1. The lowest BCUT2D eigenvalue weighted by atomic mass is 9.95. The zero-order chi connectivity index (χ0) is 17.6. The van der Waals surface area contributed by atoms with Gasteiger partial charge >= 0.3 is 0 Å². The number of amides is 2.